The van der Waals surface area contributed by atoms with Crippen LogP contribution in [0, 0.1) is 0 Å². The summed E-state index contributed by atoms with van der Waals surface area (Å²) in [6, 6.07) is 115. The maximum absolute atomic E-state index is 15.6. The monoisotopic (exact) mass is 1160 g/mol. The molecule has 0 N–H and O–H groups in total. The predicted octanol–water partition coefficient (Wildman–Crippen LogP) is 22.9. The van der Waals surface area contributed by atoms with Gasteiger partial charge in [-0.1, -0.05) is 267 Å². The highest BCUT2D eigenvalue weighted by atomic mass is 16.1. The van der Waals surface area contributed by atoms with Crippen LogP contribution in [-0.2, 0) is 10.8 Å². The summed E-state index contributed by atoms with van der Waals surface area (Å²) in [4.78, 5) is 15.6. The van der Waals surface area contributed by atoms with Gasteiger partial charge in [0.25, 0.3) is 0 Å². The molecule has 0 amide bonds. The summed E-state index contributed by atoms with van der Waals surface area (Å²) in [5.74, 6) is 0.192. The maximum Gasteiger partial charge on any atom is 0.192 e. The van der Waals surface area contributed by atoms with Gasteiger partial charge in [-0.05, 0) is 232 Å². The van der Waals surface area contributed by atoms with E-state index in [4.69, 9.17) is 0 Å². The van der Waals surface area contributed by atoms with Crippen LogP contribution < -0.4 is 0 Å². The van der Waals surface area contributed by atoms with E-state index in [1.807, 2.05) is 0 Å². The van der Waals surface area contributed by atoms with Gasteiger partial charge in [0.2, 0.25) is 0 Å². The Morgan fingerprint density at radius 2 is 0.761 bits per heavy atom. The van der Waals surface area contributed by atoms with Gasteiger partial charge < -0.3 is 0 Å². The molecular formula is C91H56O. The highest BCUT2D eigenvalue weighted by Crippen LogP contribution is 2.67. The third-order valence-corrected chi connectivity index (χ3v) is 21.6. The van der Waals surface area contributed by atoms with Gasteiger partial charge in [0.15, 0.2) is 5.78 Å². The minimum atomic E-state index is -0.572. The number of carbonyl (C=O) groups is 1. The van der Waals surface area contributed by atoms with Gasteiger partial charge in [0.05, 0.1) is 10.8 Å². The van der Waals surface area contributed by atoms with Gasteiger partial charge in [0.1, 0.15) is 0 Å². The third kappa shape index (κ3) is 7.05. The summed E-state index contributed by atoms with van der Waals surface area (Å²) in [7, 11) is 0. The van der Waals surface area contributed by atoms with Crippen LogP contribution in [0.15, 0.2) is 333 Å². The molecule has 15 aromatic carbocycles. The van der Waals surface area contributed by atoms with Crippen molar-refractivity contribution in [3.8, 4) is 77.9 Å². The first-order valence-corrected chi connectivity index (χ1v) is 32.3. The minimum absolute atomic E-state index is 0.0650. The van der Waals surface area contributed by atoms with Gasteiger partial charge in [0, 0.05) is 17.1 Å². The van der Waals surface area contributed by atoms with Crippen molar-refractivity contribution in [1.29, 1.82) is 0 Å². The van der Waals surface area contributed by atoms with Crippen molar-refractivity contribution in [2.45, 2.75) is 23.2 Å². The molecule has 2 unspecified atom stereocenters. The summed E-state index contributed by atoms with van der Waals surface area (Å²) < 4.78 is 0. The normalized spacial score (nSPS) is 16.4. The van der Waals surface area contributed by atoms with E-state index in [0.29, 0.717) is 0 Å². The zero-order valence-corrected chi connectivity index (χ0v) is 50.3. The highest BCUT2D eigenvalue weighted by molar-refractivity contribution is 6.15. The predicted molar refractivity (Wildman–Crippen MR) is 381 cm³/mol. The van der Waals surface area contributed by atoms with Crippen molar-refractivity contribution in [2.24, 2.45) is 0 Å². The van der Waals surface area contributed by atoms with Crippen LogP contribution in [0.1, 0.15) is 67.2 Å². The third-order valence-electron chi connectivity index (χ3n) is 21.6. The quantitative estimate of drug-likeness (QED) is 0.120. The van der Waals surface area contributed by atoms with E-state index in [9.17, 15) is 0 Å². The van der Waals surface area contributed by atoms with Crippen LogP contribution >= 0.6 is 0 Å². The van der Waals surface area contributed by atoms with Crippen molar-refractivity contribution >= 4 is 48.9 Å². The van der Waals surface area contributed by atoms with Gasteiger partial charge >= 0.3 is 0 Å². The second kappa shape index (κ2) is 19.3. The Hall–Kier alpha value is -11.5. The van der Waals surface area contributed by atoms with Crippen LogP contribution in [0.25, 0.3) is 121 Å². The van der Waals surface area contributed by atoms with Crippen LogP contribution in [0.4, 0.5) is 0 Å². The van der Waals surface area contributed by atoms with Crippen molar-refractivity contribution in [1.82, 2.24) is 0 Å². The SMILES string of the molecule is O=C(C1=CCC2C(=C1)C1(c3ccccc3-c3cc(-c4ccc5cc(-c6cccc(-c7ccc8cc(-c9ccc%10ccccc%10c9)ccc8c7)c6)c6ccccc6c5c4)ccc31)c1ccccc12)c1ccc2c(c1)C1(c3ccccc3-c3ccccc31)c1ccccc1-2. The topological polar surface area (TPSA) is 17.1 Å². The summed E-state index contributed by atoms with van der Waals surface area (Å²) in [6.07, 6.45) is 5.28. The number of ketones is 1. The molecule has 0 bridgehead atoms. The molecule has 5 aliphatic rings. The number of Topliss-reactive ketones (excluding diaryl/α,β-unsaturated/α-hetero) is 1. The van der Waals surface area contributed by atoms with E-state index >= 15 is 4.79 Å². The van der Waals surface area contributed by atoms with E-state index in [1.165, 1.54) is 171 Å². The Kier molecular flexibility index (Phi) is 10.8. The lowest BCUT2D eigenvalue weighted by Crippen LogP contribution is -2.28. The molecule has 2 spiro atoms. The summed E-state index contributed by atoms with van der Waals surface area (Å²) in [5.41, 5.74) is 29.0. The smallest absolute Gasteiger partial charge is 0.192 e. The zero-order valence-electron chi connectivity index (χ0n) is 50.3. The second-order valence-electron chi connectivity index (χ2n) is 26.0. The van der Waals surface area contributed by atoms with Crippen molar-refractivity contribution in [2.75, 3.05) is 0 Å². The number of allylic oxidation sites excluding steroid dienone is 4. The second-order valence-corrected chi connectivity index (χ2v) is 26.0. The Balaban J connectivity index is 0.657. The van der Waals surface area contributed by atoms with Crippen LogP contribution in [-0.4, -0.2) is 5.78 Å². The molecule has 2 atom stereocenters. The highest BCUT2D eigenvalue weighted by Gasteiger charge is 2.56. The molecule has 426 valence electrons. The summed E-state index contributed by atoms with van der Waals surface area (Å²) in [5, 5.41) is 9.89. The van der Waals surface area contributed by atoms with Gasteiger partial charge in [-0.15, -0.1) is 0 Å². The largest absolute Gasteiger partial charge is 0.289 e. The minimum Gasteiger partial charge on any atom is -0.289 e. The van der Waals surface area contributed by atoms with Crippen LogP contribution in [0.5, 0.6) is 0 Å². The average molecular weight is 1170 g/mol. The van der Waals surface area contributed by atoms with E-state index in [0.717, 1.165) is 17.6 Å². The number of benzene rings is 15. The molecule has 15 aromatic rings. The number of hydrogen-bond donors (Lipinski definition) is 0. The first-order valence-electron chi connectivity index (χ1n) is 32.3. The van der Waals surface area contributed by atoms with E-state index in [-0.39, 0.29) is 11.7 Å². The fourth-order valence-electron chi connectivity index (χ4n) is 17.6. The lowest BCUT2D eigenvalue weighted by atomic mass is 9.68. The number of hydrogen-bond acceptors (Lipinski definition) is 1. The molecule has 92 heavy (non-hydrogen) atoms. The molecule has 1 heteroatoms. The molecule has 0 aromatic heterocycles. The molecule has 20 rings (SSSR count). The molecule has 0 fully saturated rings. The summed E-state index contributed by atoms with van der Waals surface area (Å²) in [6.45, 7) is 0. The lowest BCUT2D eigenvalue weighted by molar-refractivity contribution is 0.103. The number of rotatable bonds is 6. The maximum atomic E-state index is 15.6. The Labute approximate surface area is 534 Å². The summed E-state index contributed by atoms with van der Waals surface area (Å²) >= 11 is 0. The number of fused-ring (bicyclic) bond motifs is 25. The lowest BCUT2D eigenvalue weighted by Gasteiger charge is -2.33. The molecule has 0 heterocycles. The van der Waals surface area contributed by atoms with Gasteiger partial charge in [-0.3, -0.25) is 4.79 Å². The molecule has 1 nitrogen and oxygen atoms in total. The van der Waals surface area contributed by atoms with Crippen molar-refractivity contribution in [3.05, 3.63) is 383 Å². The first kappa shape index (κ1) is 51.4. The molecule has 0 radical (unpaired) electrons. The van der Waals surface area contributed by atoms with E-state index in [2.05, 4.69) is 322 Å². The average Bonchev–Trinajstić information content (AvgIpc) is 1.52. The van der Waals surface area contributed by atoms with E-state index < -0.39 is 10.8 Å². The molecule has 5 aliphatic carbocycles. The van der Waals surface area contributed by atoms with Crippen LogP contribution in [0.2, 0.25) is 0 Å². The number of carbonyl (C=O) groups excluding carboxylic acids is 1. The Morgan fingerprint density at radius 1 is 0.283 bits per heavy atom. The Morgan fingerprint density at radius 3 is 1.45 bits per heavy atom. The standard InChI is InChI=1S/C91H56O/c92-89(67-40-43-76-73-24-7-12-29-83(73)90(87(76)53-67)81-27-10-5-22-71(81)72-23-6-11-28-82(72)90)68-41-44-77-74-25-8-13-30-84(74)91(88(77)54-68)85-31-14-9-26-75(85)80-51-64(42-45-86(80)91)63-38-39-66-52-79(70-21-4-3-20-69(70)78(66)50-63)65-19-15-18-57(49-65)58-34-35-62-48-61(37-36-60(62)47-58)59-33-32-55-16-1-2-17-56(55)46-59/h1-43,45-54,77H,44H2. The first-order chi connectivity index (χ1) is 45.5. The molecule has 0 aliphatic heterocycles. The molecular weight excluding hydrogens is 1110 g/mol. The fraction of sp³-hybridized carbons (Fsp3) is 0.0440. The van der Waals surface area contributed by atoms with Gasteiger partial charge in [-0.2, -0.15) is 0 Å². The van der Waals surface area contributed by atoms with Crippen molar-refractivity contribution < 1.29 is 4.79 Å². The fourth-order valence-corrected chi connectivity index (χ4v) is 17.6. The van der Waals surface area contributed by atoms with Crippen molar-refractivity contribution in [3.63, 3.8) is 0 Å². The van der Waals surface area contributed by atoms with Gasteiger partial charge in [-0.25, -0.2) is 0 Å². The Bertz CT molecular complexity index is 5780. The zero-order chi connectivity index (χ0) is 60.4. The van der Waals surface area contributed by atoms with Crippen LogP contribution in [0.3, 0.4) is 0 Å². The molecule has 0 saturated heterocycles. The van der Waals surface area contributed by atoms with E-state index in [1.54, 1.807) is 0 Å². The molecule has 0 saturated carbocycles.